The van der Waals surface area contributed by atoms with Crippen molar-refractivity contribution in [1.82, 2.24) is 29.5 Å². The van der Waals surface area contributed by atoms with E-state index >= 15 is 0 Å². The van der Waals surface area contributed by atoms with Gasteiger partial charge in [-0.15, -0.1) is 0 Å². The molecule has 0 aliphatic rings. The number of hydrogen-bond acceptors (Lipinski definition) is 6. The Kier molecular flexibility index (Phi) is 5.42. The van der Waals surface area contributed by atoms with Gasteiger partial charge in [-0.1, -0.05) is 11.6 Å². The highest BCUT2D eigenvalue weighted by Crippen LogP contribution is 2.27. The SMILES string of the molecule is COc1ccc(Cl)cc1C(=O)Nc1cc(C)nn1-c1ncnc2c1cnn2-c1ccc(F)cc1. The van der Waals surface area contributed by atoms with Gasteiger partial charge in [0.05, 0.1) is 35.6 Å². The van der Waals surface area contributed by atoms with Crippen LogP contribution in [0.2, 0.25) is 5.02 Å². The lowest BCUT2D eigenvalue weighted by atomic mass is 10.2. The van der Waals surface area contributed by atoms with Gasteiger partial charge in [0.2, 0.25) is 0 Å². The van der Waals surface area contributed by atoms with Gasteiger partial charge in [-0.05, 0) is 49.4 Å². The summed E-state index contributed by atoms with van der Waals surface area (Å²) in [5, 5.41) is 12.7. The first kappa shape index (κ1) is 21.5. The largest absolute Gasteiger partial charge is 0.496 e. The quantitative estimate of drug-likeness (QED) is 0.403. The molecule has 9 nitrogen and oxygen atoms in total. The molecule has 0 aliphatic carbocycles. The number of ether oxygens (including phenoxy) is 1. The highest BCUT2D eigenvalue weighted by atomic mass is 35.5. The van der Waals surface area contributed by atoms with Crippen molar-refractivity contribution in [2.24, 2.45) is 0 Å². The molecule has 0 bridgehead atoms. The predicted octanol–water partition coefficient (Wildman–Crippen LogP) is 4.36. The van der Waals surface area contributed by atoms with Crippen molar-refractivity contribution in [2.45, 2.75) is 6.92 Å². The van der Waals surface area contributed by atoms with E-state index in [2.05, 4.69) is 25.5 Å². The summed E-state index contributed by atoms with van der Waals surface area (Å²) >= 11 is 6.08. The molecule has 0 saturated heterocycles. The number of anilines is 1. The number of benzene rings is 2. The fourth-order valence-electron chi connectivity index (χ4n) is 3.56. The number of nitrogens with zero attached hydrogens (tertiary/aromatic N) is 6. The number of methoxy groups -OCH3 is 1. The van der Waals surface area contributed by atoms with Crippen LogP contribution in [0.1, 0.15) is 16.1 Å². The van der Waals surface area contributed by atoms with E-state index in [1.54, 1.807) is 48.1 Å². The minimum absolute atomic E-state index is 0.275. The van der Waals surface area contributed by atoms with Crippen molar-refractivity contribution in [3.05, 3.63) is 83.2 Å². The van der Waals surface area contributed by atoms with Crippen LogP contribution < -0.4 is 10.1 Å². The van der Waals surface area contributed by atoms with Gasteiger partial charge in [-0.25, -0.2) is 19.0 Å². The second kappa shape index (κ2) is 8.56. The second-order valence-corrected chi connectivity index (χ2v) is 7.79. The number of halogens is 2. The molecule has 5 rings (SSSR count). The highest BCUT2D eigenvalue weighted by Gasteiger charge is 2.20. The molecule has 3 aromatic heterocycles. The van der Waals surface area contributed by atoms with Crippen LogP contribution in [0.3, 0.4) is 0 Å². The molecule has 3 heterocycles. The third-order valence-electron chi connectivity index (χ3n) is 5.10. The van der Waals surface area contributed by atoms with E-state index in [9.17, 15) is 9.18 Å². The Hall–Kier alpha value is -4.31. The van der Waals surface area contributed by atoms with Gasteiger partial charge in [0.15, 0.2) is 11.5 Å². The lowest BCUT2D eigenvalue weighted by Crippen LogP contribution is -2.16. The van der Waals surface area contributed by atoms with Crippen LogP contribution >= 0.6 is 11.6 Å². The molecule has 2 aromatic carbocycles. The fourth-order valence-corrected chi connectivity index (χ4v) is 3.74. The molecule has 0 unspecified atom stereocenters. The van der Waals surface area contributed by atoms with E-state index in [0.29, 0.717) is 44.8 Å². The van der Waals surface area contributed by atoms with E-state index < -0.39 is 5.91 Å². The Labute approximate surface area is 197 Å². The van der Waals surface area contributed by atoms with Crippen molar-refractivity contribution in [1.29, 1.82) is 0 Å². The van der Waals surface area contributed by atoms with Gasteiger partial charge >= 0.3 is 0 Å². The monoisotopic (exact) mass is 477 g/mol. The van der Waals surface area contributed by atoms with Gasteiger partial charge in [-0.2, -0.15) is 14.9 Å². The van der Waals surface area contributed by atoms with Crippen LogP contribution in [0.15, 0.2) is 61.1 Å². The number of rotatable bonds is 5. The average molecular weight is 478 g/mol. The Morgan fingerprint density at radius 2 is 1.88 bits per heavy atom. The van der Waals surface area contributed by atoms with Gasteiger partial charge < -0.3 is 10.1 Å². The number of hydrogen-bond donors (Lipinski definition) is 1. The molecule has 5 aromatic rings. The highest BCUT2D eigenvalue weighted by molar-refractivity contribution is 6.31. The van der Waals surface area contributed by atoms with E-state index in [4.69, 9.17) is 16.3 Å². The van der Waals surface area contributed by atoms with Crippen molar-refractivity contribution in [3.8, 4) is 17.3 Å². The fraction of sp³-hybridized carbons (Fsp3) is 0.0870. The summed E-state index contributed by atoms with van der Waals surface area (Å²) in [5.74, 6) is 0.417. The van der Waals surface area contributed by atoms with Gasteiger partial charge in [0.25, 0.3) is 5.91 Å². The molecule has 0 saturated carbocycles. The third-order valence-corrected chi connectivity index (χ3v) is 5.33. The van der Waals surface area contributed by atoms with Crippen molar-refractivity contribution < 1.29 is 13.9 Å². The first-order valence-corrected chi connectivity index (χ1v) is 10.5. The average Bonchev–Trinajstić information content (AvgIpc) is 3.42. The van der Waals surface area contributed by atoms with Crippen LogP contribution in [0.5, 0.6) is 5.75 Å². The van der Waals surface area contributed by atoms with Crippen molar-refractivity contribution in [3.63, 3.8) is 0 Å². The molecule has 0 aliphatic heterocycles. The van der Waals surface area contributed by atoms with Crippen LogP contribution in [0.25, 0.3) is 22.5 Å². The predicted molar refractivity (Wildman–Crippen MR) is 124 cm³/mol. The molecule has 1 N–H and O–H groups in total. The minimum Gasteiger partial charge on any atom is -0.496 e. The van der Waals surface area contributed by atoms with Crippen LogP contribution in [0.4, 0.5) is 10.2 Å². The molecule has 1 amide bonds. The molecule has 34 heavy (non-hydrogen) atoms. The van der Waals surface area contributed by atoms with Gasteiger partial charge in [0.1, 0.15) is 23.7 Å². The molecule has 0 atom stereocenters. The van der Waals surface area contributed by atoms with Crippen LogP contribution in [-0.4, -0.2) is 42.5 Å². The zero-order valence-electron chi connectivity index (χ0n) is 18.0. The Morgan fingerprint density at radius 3 is 2.65 bits per heavy atom. The molecule has 11 heteroatoms. The minimum atomic E-state index is -0.423. The Morgan fingerprint density at radius 1 is 1.09 bits per heavy atom. The Bertz CT molecular complexity index is 1530. The number of aryl methyl sites for hydroxylation is 1. The van der Waals surface area contributed by atoms with Gasteiger partial charge in [0, 0.05) is 11.1 Å². The number of carbonyl (C=O) groups is 1. The maximum Gasteiger partial charge on any atom is 0.260 e. The summed E-state index contributed by atoms with van der Waals surface area (Å²) in [6.07, 6.45) is 2.97. The van der Waals surface area contributed by atoms with E-state index in [1.165, 1.54) is 36.3 Å². The van der Waals surface area contributed by atoms with E-state index in [-0.39, 0.29) is 11.4 Å². The number of aromatic nitrogens is 6. The summed E-state index contributed by atoms with van der Waals surface area (Å²) in [6.45, 7) is 1.80. The summed E-state index contributed by atoms with van der Waals surface area (Å²) in [7, 11) is 1.48. The lowest BCUT2D eigenvalue weighted by molar-refractivity contribution is 0.102. The molecular weight excluding hydrogens is 461 g/mol. The number of carbonyl (C=O) groups excluding carboxylic acids is 1. The summed E-state index contributed by atoms with van der Waals surface area (Å²) in [5.41, 5.74) is 2.07. The first-order chi connectivity index (χ1) is 16.4. The van der Waals surface area contributed by atoms with Crippen molar-refractivity contribution in [2.75, 3.05) is 12.4 Å². The lowest BCUT2D eigenvalue weighted by Gasteiger charge is -2.11. The van der Waals surface area contributed by atoms with Crippen LogP contribution in [0, 0.1) is 12.7 Å². The number of fused-ring (bicyclic) bond motifs is 1. The zero-order valence-corrected chi connectivity index (χ0v) is 18.8. The summed E-state index contributed by atoms with van der Waals surface area (Å²) in [4.78, 5) is 21.8. The normalized spacial score (nSPS) is 11.1. The molecule has 170 valence electrons. The van der Waals surface area contributed by atoms with Crippen LogP contribution in [-0.2, 0) is 0 Å². The Balaban J connectivity index is 1.56. The maximum absolute atomic E-state index is 13.4. The maximum atomic E-state index is 13.4. The summed E-state index contributed by atoms with van der Waals surface area (Å²) < 4.78 is 21.7. The second-order valence-electron chi connectivity index (χ2n) is 7.35. The standard InChI is InChI=1S/C23H17ClFN7O2/c1-13-9-20(29-23(33)17-10-14(24)3-8-19(17)34-2)32(30-13)22-18-11-28-31(21(18)26-12-27-22)16-6-4-15(25)5-7-16/h3-12H,1-2H3,(H,29,33). The smallest absolute Gasteiger partial charge is 0.260 e. The number of nitrogens with one attached hydrogen (secondary N) is 1. The molecule has 0 radical (unpaired) electrons. The molecular formula is C23H17ClFN7O2. The van der Waals surface area contributed by atoms with Crippen molar-refractivity contribution >= 4 is 34.4 Å². The number of amides is 1. The molecule has 0 fully saturated rings. The first-order valence-electron chi connectivity index (χ1n) is 10.1. The zero-order chi connectivity index (χ0) is 23.8. The van der Waals surface area contributed by atoms with Gasteiger partial charge in [-0.3, -0.25) is 4.79 Å². The van der Waals surface area contributed by atoms with E-state index in [1.807, 2.05) is 0 Å². The summed E-state index contributed by atoms with van der Waals surface area (Å²) in [6, 6.07) is 12.4. The molecule has 0 spiro atoms. The van der Waals surface area contributed by atoms with E-state index in [0.717, 1.165) is 0 Å². The third kappa shape index (κ3) is 3.84. The topological polar surface area (TPSA) is 99.8 Å².